The molecule has 28 heavy (non-hydrogen) atoms. The van der Waals surface area contributed by atoms with Crippen LogP contribution in [0.1, 0.15) is 56.7 Å². The van der Waals surface area contributed by atoms with Gasteiger partial charge in [0.2, 0.25) is 5.91 Å². The van der Waals surface area contributed by atoms with Crippen LogP contribution in [-0.2, 0) is 16.0 Å². The predicted molar refractivity (Wildman–Crippen MR) is 112 cm³/mol. The van der Waals surface area contributed by atoms with Gasteiger partial charge in [-0.1, -0.05) is 23.8 Å². The van der Waals surface area contributed by atoms with E-state index in [9.17, 15) is 9.59 Å². The Morgan fingerprint density at radius 1 is 1.18 bits per heavy atom. The summed E-state index contributed by atoms with van der Waals surface area (Å²) < 4.78 is 5.41. The average molecular weight is 389 g/mol. The van der Waals surface area contributed by atoms with Crippen LogP contribution in [0.3, 0.4) is 0 Å². The van der Waals surface area contributed by atoms with Gasteiger partial charge < -0.3 is 14.5 Å². The second kappa shape index (κ2) is 9.44. The van der Waals surface area contributed by atoms with Crippen LogP contribution >= 0.6 is 0 Å². The molecule has 156 valence electrons. The van der Waals surface area contributed by atoms with Gasteiger partial charge in [-0.2, -0.15) is 0 Å². The van der Waals surface area contributed by atoms with Crippen LogP contribution in [0.4, 0.5) is 4.79 Å². The summed E-state index contributed by atoms with van der Waals surface area (Å²) in [6.07, 6.45) is 2.95. The molecule has 1 saturated heterocycles. The molecule has 0 radical (unpaired) electrons. The Hall–Kier alpha value is -2.04. The van der Waals surface area contributed by atoms with Gasteiger partial charge in [-0.25, -0.2) is 4.79 Å². The monoisotopic (exact) mass is 388 g/mol. The van der Waals surface area contributed by atoms with Gasteiger partial charge in [-0.3, -0.25) is 4.79 Å². The molecule has 1 fully saturated rings. The molecule has 0 atom stereocenters. The highest BCUT2D eigenvalue weighted by Crippen LogP contribution is 2.21. The van der Waals surface area contributed by atoms with Crippen LogP contribution in [0.15, 0.2) is 18.2 Å². The molecule has 1 aliphatic heterocycles. The standard InChI is InChI=1S/C23H36N2O3/c1-17-7-8-20(18(2)15-17)9-10-21(26)25-13-11-19(12-14-25)16-24(6)22(27)28-23(3,4)5/h7-8,15,19H,9-14,16H2,1-6H3. The molecule has 0 unspecified atom stereocenters. The zero-order valence-corrected chi connectivity index (χ0v) is 18.4. The van der Waals surface area contributed by atoms with Gasteiger partial charge in [0.25, 0.3) is 0 Å². The van der Waals surface area contributed by atoms with Gasteiger partial charge >= 0.3 is 6.09 Å². The van der Waals surface area contributed by atoms with E-state index < -0.39 is 5.60 Å². The number of rotatable bonds is 5. The SMILES string of the molecule is Cc1ccc(CCC(=O)N2CCC(CN(C)C(=O)OC(C)(C)C)CC2)c(C)c1. The van der Waals surface area contributed by atoms with Crippen molar-refractivity contribution in [2.45, 2.75) is 65.9 Å². The van der Waals surface area contributed by atoms with Crippen LogP contribution in [0.5, 0.6) is 0 Å². The Kier molecular flexibility index (Phi) is 7.50. The highest BCUT2D eigenvalue weighted by Gasteiger charge is 2.26. The predicted octanol–water partition coefficient (Wildman–Crippen LogP) is 4.34. The van der Waals surface area contributed by atoms with Gasteiger partial charge in [0.1, 0.15) is 5.60 Å². The van der Waals surface area contributed by atoms with E-state index in [-0.39, 0.29) is 12.0 Å². The van der Waals surface area contributed by atoms with Crippen LogP contribution in [0.25, 0.3) is 0 Å². The molecule has 2 amide bonds. The summed E-state index contributed by atoms with van der Waals surface area (Å²) in [6, 6.07) is 6.42. The number of aryl methyl sites for hydroxylation is 3. The van der Waals surface area contributed by atoms with E-state index in [2.05, 4.69) is 32.0 Å². The number of piperidine rings is 1. The summed E-state index contributed by atoms with van der Waals surface area (Å²) >= 11 is 0. The summed E-state index contributed by atoms with van der Waals surface area (Å²) in [5, 5.41) is 0. The lowest BCUT2D eigenvalue weighted by atomic mass is 9.95. The number of likely N-dealkylation sites (tertiary alicyclic amines) is 1. The van der Waals surface area contributed by atoms with E-state index in [4.69, 9.17) is 4.74 Å². The fraction of sp³-hybridized carbons (Fsp3) is 0.652. The Morgan fingerprint density at radius 2 is 1.82 bits per heavy atom. The quantitative estimate of drug-likeness (QED) is 0.754. The molecule has 0 aromatic heterocycles. The summed E-state index contributed by atoms with van der Waals surface area (Å²) in [5.74, 6) is 0.653. The van der Waals surface area contributed by atoms with Gasteiger partial charge in [0, 0.05) is 33.1 Å². The lowest BCUT2D eigenvalue weighted by Gasteiger charge is -2.34. The number of hydrogen-bond donors (Lipinski definition) is 0. The topological polar surface area (TPSA) is 49.9 Å². The largest absolute Gasteiger partial charge is 0.444 e. The van der Waals surface area contributed by atoms with E-state index in [0.29, 0.717) is 18.9 Å². The van der Waals surface area contributed by atoms with Gasteiger partial charge in [0.05, 0.1) is 0 Å². The van der Waals surface area contributed by atoms with Crippen molar-refractivity contribution in [2.75, 3.05) is 26.7 Å². The van der Waals surface area contributed by atoms with Crippen LogP contribution in [0.2, 0.25) is 0 Å². The van der Waals surface area contributed by atoms with Crippen LogP contribution in [0, 0.1) is 19.8 Å². The average Bonchev–Trinajstić information content (AvgIpc) is 2.60. The number of nitrogens with zero attached hydrogens (tertiary/aromatic N) is 2. The van der Waals surface area contributed by atoms with Gasteiger partial charge in [-0.15, -0.1) is 0 Å². The third-order valence-corrected chi connectivity index (χ3v) is 5.31. The van der Waals surface area contributed by atoms with Crippen molar-refractivity contribution in [3.8, 4) is 0 Å². The molecule has 1 aliphatic rings. The molecule has 0 spiro atoms. The minimum atomic E-state index is -0.475. The normalized spacial score (nSPS) is 15.4. The third-order valence-electron chi connectivity index (χ3n) is 5.31. The third kappa shape index (κ3) is 6.84. The zero-order valence-electron chi connectivity index (χ0n) is 18.4. The van der Waals surface area contributed by atoms with E-state index in [1.165, 1.54) is 16.7 Å². The van der Waals surface area contributed by atoms with E-state index in [0.717, 1.165) is 32.4 Å². The number of hydrogen-bond acceptors (Lipinski definition) is 3. The molecule has 0 bridgehead atoms. The van der Waals surface area contributed by atoms with Crippen molar-refractivity contribution in [3.63, 3.8) is 0 Å². The van der Waals surface area contributed by atoms with Crippen molar-refractivity contribution in [1.29, 1.82) is 0 Å². The number of amides is 2. The first-order chi connectivity index (χ1) is 13.0. The van der Waals surface area contributed by atoms with Crippen molar-refractivity contribution in [3.05, 3.63) is 34.9 Å². The maximum absolute atomic E-state index is 12.6. The van der Waals surface area contributed by atoms with Crippen molar-refractivity contribution in [2.24, 2.45) is 5.92 Å². The lowest BCUT2D eigenvalue weighted by molar-refractivity contribution is -0.132. The van der Waals surface area contributed by atoms with Crippen LogP contribution in [-0.4, -0.2) is 54.1 Å². The van der Waals surface area contributed by atoms with Gasteiger partial charge in [0.15, 0.2) is 0 Å². The zero-order chi connectivity index (χ0) is 20.9. The minimum Gasteiger partial charge on any atom is -0.444 e. The molecule has 1 aromatic carbocycles. The Balaban J connectivity index is 1.75. The van der Waals surface area contributed by atoms with E-state index >= 15 is 0 Å². The number of carbonyl (C=O) groups excluding carboxylic acids is 2. The maximum Gasteiger partial charge on any atom is 0.410 e. The minimum absolute atomic E-state index is 0.235. The molecule has 0 N–H and O–H groups in total. The first-order valence-corrected chi connectivity index (χ1v) is 10.3. The summed E-state index contributed by atoms with van der Waals surface area (Å²) in [5.41, 5.74) is 3.30. The number of carbonyl (C=O) groups is 2. The number of benzene rings is 1. The molecular formula is C23H36N2O3. The molecule has 0 aliphatic carbocycles. The van der Waals surface area contributed by atoms with Crippen molar-refractivity contribution in [1.82, 2.24) is 9.80 Å². The molecule has 1 aromatic rings. The molecule has 5 heteroatoms. The Morgan fingerprint density at radius 3 is 2.39 bits per heavy atom. The fourth-order valence-electron chi connectivity index (χ4n) is 3.69. The summed E-state index contributed by atoms with van der Waals surface area (Å²) in [7, 11) is 1.79. The smallest absolute Gasteiger partial charge is 0.410 e. The van der Waals surface area contributed by atoms with Gasteiger partial charge in [-0.05, 0) is 70.9 Å². The maximum atomic E-state index is 12.6. The molecule has 2 rings (SSSR count). The van der Waals surface area contributed by atoms with E-state index in [1.54, 1.807) is 11.9 Å². The summed E-state index contributed by atoms with van der Waals surface area (Å²) in [4.78, 5) is 28.3. The Labute approximate surface area is 170 Å². The lowest BCUT2D eigenvalue weighted by Crippen LogP contribution is -2.43. The summed E-state index contributed by atoms with van der Waals surface area (Å²) in [6.45, 7) is 12.1. The molecular weight excluding hydrogens is 352 g/mol. The second-order valence-corrected chi connectivity index (χ2v) is 9.11. The first kappa shape index (κ1) is 22.3. The fourth-order valence-corrected chi connectivity index (χ4v) is 3.69. The Bertz CT molecular complexity index is 686. The highest BCUT2D eigenvalue weighted by atomic mass is 16.6. The number of ether oxygens (including phenoxy) is 1. The van der Waals surface area contributed by atoms with Crippen molar-refractivity contribution >= 4 is 12.0 Å². The molecule has 5 nitrogen and oxygen atoms in total. The van der Waals surface area contributed by atoms with E-state index in [1.807, 2.05) is 25.7 Å². The molecule has 0 saturated carbocycles. The van der Waals surface area contributed by atoms with Crippen molar-refractivity contribution < 1.29 is 14.3 Å². The molecule has 1 heterocycles. The van der Waals surface area contributed by atoms with Crippen LogP contribution < -0.4 is 0 Å². The second-order valence-electron chi connectivity index (χ2n) is 9.11. The highest BCUT2D eigenvalue weighted by molar-refractivity contribution is 5.76. The first-order valence-electron chi connectivity index (χ1n) is 10.3.